The Balaban J connectivity index is 2.84. The Morgan fingerprint density at radius 2 is 2.33 bits per heavy atom. The van der Waals surface area contributed by atoms with Gasteiger partial charge in [-0.1, -0.05) is 13.8 Å². The van der Waals surface area contributed by atoms with Crippen LogP contribution in [0.5, 0.6) is 0 Å². The normalized spacial score (nSPS) is 10.2. The quantitative estimate of drug-likeness (QED) is 0.728. The molecule has 0 aliphatic carbocycles. The smallest absolute Gasteiger partial charge is 0.316 e. The molecular weight excluding hydrogens is 172 g/mol. The van der Waals surface area contributed by atoms with E-state index in [9.17, 15) is 4.79 Å². The lowest BCUT2D eigenvalue weighted by Crippen LogP contribution is -2.19. The topological polar surface area (TPSA) is 55.1 Å². The van der Waals surface area contributed by atoms with Gasteiger partial charge in [0.15, 0.2) is 0 Å². The third-order valence-corrected chi connectivity index (χ3v) is 2.69. The van der Waals surface area contributed by atoms with Crippen molar-refractivity contribution in [3.8, 4) is 0 Å². The van der Waals surface area contributed by atoms with Crippen LogP contribution in [-0.4, -0.2) is 6.03 Å². The fourth-order valence-electron chi connectivity index (χ4n) is 1.00. The maximum absolute atomic E-state index is 10.6. The molecule has 1 aromatic heterocycles. The van der Waals surface area contributed by atoms with Crippen molar-refractivity contribution < 1.29 is 4.79 Å². The van der Waals surface area contributed by atoms with E-state index in [-0.39, 0.29) is 0 Å². The van der Waals surface area contributed by atoms with E-state index in [0.29, 0.717) is 5.92 Å². The number of nitrogens with one attached hydrogen (secondary N) is 1. The van der Waals surface area contributed by atoms with Gasteiger partial charge in [0, 0.05) is 4.88 Å². The first-order valence-electron chi connectivity index (χ1n) is 3.75. The van der Waals surface area contributed by atoms with Crippen molar-refractivity contribution in [1.82, 2.24) is 0 Å². The number of carbonyl (C=O) groups is 1. The van der Waals surface area contributed by atoms with Crippen molar-refractivity contribution in [1.29, 1.82) is 0 Å². The highest BCUT2D eigenvalue weighted by Gasteiger charge is 2.08. The van der Waals surface area contributed by atoms with Crippen LogP contribution in [-0.2, 0) is 0 Å². The lowest BCUT2D eigenvalue weighted by molar-refractivity contribution is 0.259. The molecule has 0 spiro atoms. The maximum Gasteiger partial charge on any atom is 0.316 e. The summed E-state index contributed by atoms with van der Waals surface area (Å²) in [5.74, 6) is 0.423. The summed E-state index contributed by atoms with van der Waals surface area (Å²) in [4.78, 5) is 11.7. The molecule has 4 heteroatoms. The Morgan fingerprint density at radius 3 is 2.83 bits per heavy atom. The summed E-state index contributed by atoms with van der Waals surface area (Å²) >= 11 is 1.63. The molecule has 3 N–H and O–H groups in total. The van der Waals surface area contributed by atoms with Gasteiger partial charge in [-0.3, -0.25) is 0 Å². The van der Waals surface area contributed by atoms with Crippen LogP contribution in [0.3, 0.4) is 0 Å². The highest BCUT2D eigenvalue weighted by Crippen LogP contribution is 2.29. The molecule has 1 aromatic rings. The molecule has 0 aliphatic heterocycles. The highest BCUT2D eigenvalue weighted by molar-refractivity contribution is 7.10. The van der Waals surface area contributed by atoms with Crippen molar-refractivity contribution in [3.05, 3.63) is 16.3 Å². The fourth-order valence-corrected chi connectivity index (χ4v) is 1.87. The van der Waals surface area contributed by atoms with Gasteiger partial charge >= 0.3 is 6.03 Å². The molecule has 0 saturated carbocycles. The summed E-state index contributed by atoms with van der Waals surface area (Å²) in [5.41, 5.74) is 5.84. The molecule has 0 aromatic carbocycles. The SMILES string of the molecule is CC(C)c1sccc1NC(N)=O. The molecule has 2 amide bonds. The van der Waals surface area contributed by atoms with E-state index in [1.165, 1.54) is 0 Å². The number of amides is 2. The largest absolute Gasteiger partial charge is 0.351 e. The van der Waals surface area contributed by atoms with Gasteiger partial charge in [-0.15, -0.1) is 11.3 Å². The minimum Gasteiger partial charge on any atom is -0.351 e. The summed E-state index contributed by atoms with van der Waals surface area (Å²) in [7, 11) is 0. The summed E-state index contributed by atoms with van der Waals surface area (Å²) < 4.78 is 0. The van der Waals surface area contributed by atoms with E-state index in [4.69, 9.17) is 5.73 Å². The molecule has 12 heavy (non-hydrogen) atoms. The third kappa shape index (κ3) is 1.98. The summed E-state index contributed by atoms with van der Waals surface area (Å²) in [5, 5.41) is 4.53. The van der Waals surface area contributed by atoms with Gasteiger partial charge in [0.2, 0.25) is 0 Å². The van der Waals surface area contributed by atoms with Crippen molar-refractivity contribution in [2.24, 2.45) is 5.73 Å². The van der Waals surface area contributed by atoms with Gasteiger partial charge < -0.3 is 11.1 Å². The van der Waals surface area contributed by atoms with Crippen LogP contribution in [0.2, 0.25) is 0 Å². The maximum atomic E-state index is 10.6. The lowest BCUT2D eigenvalue weighted by atomic mass is 10.1. The minimum absolute atomic E-state index is 0.423. The summed E-state index contributed by atoms with van der Waals surface area (Å²) in [6.45, 7) is 4.16. The molecule has 66 valence electrons. The van der Waals surface area contributed by atoms with Crippen LogP contribution in [0.25, 0.3) is 0 Å². The Kier molecular flexibility index (Phi) is 2.70. The van der Waals surface area contributed by atoms with Crippen LogP contribution < -0.4 is 11.1 Å². The van der Waals surface area contributed by atoms with Gasteiger partial charge in [0.05, 0.1) is 5.69 Å². The summed E-state index contributed by atoms with van der Waals surface area (Å²) in [6.07, 6.45) is 0. The predicted octanol–water partition coefficient (Wildman–Crippen LogP) is 2.36. The number of primary amides is 1. The van der Waals surface area contributed by atoms with Crippen LogP contribution in [0.15, 0.2) is 11.4 Å². The van der Waals surface area contributed by atoms with E-state index in [1.807, 2.05) is 11.4 Å². The zero-order valence-corrected chi connectivity index (χ0v) is 7.94. The number of carbonyl (C=O) groups excluding carboxylic acids is 1. The van der Waals surface area contributed by atoms with Crippen LogP contribution in [0.4, 0.5) is 10.5 Å². The van der Waals surface area contributed by atoms with Gasteiger partial charge in [-0.05, 0) is 17.4 Å². The number of urea groups is 1. The van der Waals surface area contributed by atoms with Crippen molar-refractivity contribution in [2.45, 2.75) is 19.8 Å². The van der Waals surface area contributed by atoms with Crippen molar-refractivity contribution in [3.63, 3.8) is 0 Å². The standard InChI is InChI=1S/C8H12N2OS/c1-5(2)7-6(3-4-12-7)10-8(9)11/h3-5H,1-2H3,(H3,9,10,11). The minimum atomic E-state index is -0.504. The molecule has 0 radical (unpaired) electrons. The van der Waals surface area contributed by atoms with E-state index in [0.717, 1.165) is 10.6 Å². The molecule has 1 rings (SSSR count). The Labute approximate surface area is 75.6 Å². The van der Waals surface area contributed by atoms with E-state index in [2.05, 4.69) is 19.2 Å². The second kappa shape index (κ2) is 3.58. The first-order valence-corrected chi connectivity index (χ1v) is 4.63. The zero-order valence-electron chi connectivity index (χ0n) is 7.13. The van der Waals surface area contributed by atoms with Crippen LogP contribution >= 0.6 is 11.3 Å². The molecule has 0 unspecified atom stereocenters. The fraction of sp³-hybridized carbons (Fsp3) is 0.375. The van der Waals surface area contributed by atoms with E-state index < -0.39 is 6.03 Å². The zero-order chi connectivity index (χ0) is 9.14. The lowest BCUT2D eigenvalue weighted by Gasteiger charge is -2.05. The molecule has 0 aliphatic rings. The number of rotatable bonds is 2. The Morgan fingerprint density at radius 1 is 1.67 bits per heavy atom. The Hall–Kier alpha value is -1.03. The molecule has 0 bridgehead atoms. The molecule has 1 heterocycles. The monoisotopic (exact) mass is 184 g/mol. The van der Waals surface area contributed by atoms with Gasteiger partial charge in [-0.25, -0.2) is 4.79 Å². The van der Waals surface area contributed by atoms with Crippen molar-refractivity contribution in [2.75, 3.05) is 5.32 Å². The average molecular weight is 184 g/mol. The number of nitrogens with two attached hydrogens (primary N) is 1. The van der Waals surface area contributed by atoms with Gasteiger partial charge in [-0.2, -0.15) is 0 Å². The second-order valence-electron chi connectivity index (χ2n) is 2.84. The van der Waals surface area contributed by atoms with E-state index >= 15 is 0 Å². The predicted molar refractivity (Wildman–Crippen MR) is 51.6 cm³/mol. The number of thiophene rings is 1. The van der Waals surface area contributed by atoms with Gasteiger partial charge in [0.25, 0.3) is 0 Å². The molecule has 0 atom stereocenters. The number of hydrogen-bond acceptors (Lipinski definition) is 2. The first kappa shape index (κ1) is 9.06. The molecular formula is C8H12N2OS. The summed E-state index contributed by atoms with van der Waals surface area (Å²) in [6, 6.07) is 1.36. The van der Waals surface area contributed by atoms with Gasteiger partial charge in [0.1, 0.15) is 0 Å². The average Bonchev–Trinajstić information content (AvgIpc) is 2.33. The van der Waals surface area contributed by atoms with Crippen LogP contribution in [0, 0.1) is 0 Å². The Bertz CT molecular complexity index is 280. The first-order chi connectivity index (χ1) is 5.61. The van der Waals surface area contributed by atoms with Crippen LogP contribution in [0.1, 0.15) is 24.6 Å². The molecule has 3 nitrogen and oxygen atoms in total. The van der Waals surface area contributed by atoms with Crippen molar-refractivity contribution >= 4 is 23.1 Å². The molecule has 0 saturated heterocycles. The third-order valence-electron chi connectivity index (χ3n) is 1.48. The second-order valence-corrected chi connectivity index (χ2v) is 3.79. The number of hydrogen-bond donors (Lipinski definition) is 2. The highest BCUT2D eigenvalue weighted by atomic mass is 32.1. The number of anilines is 1. The van der Waals surface area contributed by atoms with E-state index in [1.54, 1.807) is 11.3 Å². The molecule has 0 fully saturated rings.